The molecule has 0 spiro atoms. The van der Waals surface area contributed by atoms with Crippen LogP contribution in [0.4, 0.5) is 0 Å². The first-order valence-corrected chi connectivity index (χ1v) is 8.20. The second-order valence-electron chi connectivity index (χ2n) is 6.71. The normalized spacial score (nSPS) is 33.5. The molecule has 2 aliphatic heterocycles. The Kier molecular flexibility index (Phi) is 5.67. The molecule has 0 radical (unpaired) electrons. The largest absolute Gasteiger partial charge is 0.373 e. The second kappa shape index (κ2) is 7.05. The summed E-state index contributed by atoms with van der Waals surface area (Å²) in [4.78, 5) is 5.30. The summed E-state index contributed by atoms with van der Waals surface area (Å²) in [5.74, 6) is 0.901. The lowest BCUT2D eigenvalue weighted by Gasteiger charge is -2.40. The lowest BCUT2D eigenvalue weighted by Crippen LogP contribution is -2.49. The van der Waals surface area contributed by atoms with Crippen molar-refractivity contribution < 1.29 is 4.74 Å². The first kappa shape index (κ1) is 15.3. The highest BCUT2D eigenvalue weighted by Gasteiger charge is 2.27. The number of ether oxygens (including phenoxy) is 1. The SMILES string of the molecule is CC[C@H](C)N1CCC(CN2C[C@@H](C)O[C@@H](C)C2)CC1. The first-order chi connectivity index (χ1) is 9.08. The molecule has 2 fully saturated rings. The van der Waals surface area contributed by atoms with Gasteiger partial charge in [0, 0.05) is 25.7 Å². The van der Waals surface area contributed by atoms with Gasteiger partial charge < -0.3 is 9.64 Å². The summed E-state index contributed by atoms with van der Waals surface area (Å²) in [5, 5.41) is 0. The quantitative estimate of drug-likeness (QED) is 0.779. The third kappa shape index (κ3) is 4.44. The minimum atomic E-state index is 0.406. The van der Waals surface area contributed by atoms with E-state index >= 15 is 0 Å². The van der Waals surface area contributed by atoms with Crippen LogP contribution in [-0.2, 0) is 4.74 Å². The Labute approximate surface area is 119 Å². The van der Waals surface area contributed by atoms with Gasteiger partial charge in [-0.1, -0.05) is 6.92 Å². The summed E-state index contributed by atoms with van der Waals surface area (Å²) in [6.07, 6.45) is 4.85. The Balaban J connectivity index is 1.73. The fourth-order valence-corrected chi connectivity index (χ4v) is 3.63. The van der Waals surface area contributed by atoms with Crippen LogP contribution in [0.2, 0.25) is 0 Å². The molecule has 0 saturated carbocycles. The fourth-order valence-electron chi connectivity index (χ4n) is 3.63. The van der Waals surface area contributed by atoms with E-state index in [1.807, 2.05) is 0 Å². The number of rotatable bonds is 4. The summed E-state index contributed by atoms with van der Waals surface area (Å²) >= 11 is 0. The van der Waals surface area contributed by atoms with E-state index < -0.39 is 0 Å². The molecule has 0 aromatic carbocycles. The van der Waals surface area contributed by atoms with Crippen LogP contribution in [0.5, 0.6) is 0 Å². The molecule has 0 unspecified atom stereocenters. The molecule has 2 aliphatic rings. The van der Waals surface area contributed by atoms with Crippen molar-refractivity contribution >= 4 is 0 Å². The standard InChI is InChI=1S/C16H32N2O/c1-5-13(2)18-8-6-16(7-9-18)12-17-10-14(3)19-15(4)11-17/h13-16H,5-12H2,1-4H3/t13-,14-,15+/m0/s1. The van der Waals surface area contributed by atoms with Gasteiger partial charge in [0.25, 0.3) is 0 Å². The maximum Gasteiger partial charge on any atom is 0.0678 e. The topological polar surface area (TPSA) is 15.7 Å². The Morgan fingerprint density at radius 1 is 1.11 bits per heavy atom. The highest BCUT2D eigenvalue weighted by atomic mass is 16.5. The zero-order chi connectivity index (χ0) is 13.8. The number of morpholine rings is 1. The van der Waals surface area contributed by atoms with E-state index in [0.717, 1.165) is 25.0 Å². The third-order valence-electron chi connectivity index (χ3n) is 4.87. The van der Waals surface area contributed by atoms with Crippen molar-refractivity contribution in [1.29, 1.82) is 0 Å². The zero-order valence-electron chi connectivity index (χ0n) is 13.3. The van der Waals surface area contributed by atoms with E-state index in [4.69, 9.17) is 4.74 Å². The van der Waals surface area contributed by atoms with Gasteiger partial charge in [-0.2, -0.15) is 0 Å². The molecule has 0 amide bonds. The molecule has 0 bridgehead atoms. The van der Waals surface area contributed by atoms with Crippen LogP contribution in [0.25, 0.3) is 0 Å². The maximum atomic E-state index is 5.82. The molecular weight excluding hydrogens is 236 g/mol. The molecular formula is C16H32N2O. The highest BCUT2D eigenvalue weighted by Crippen LogP contribution is 2.22. The smallest absolute Gasteiger partial charge is 0.0678 e. The third-order valence-corrected chi connectivity index (χ3v) is 4.87. The van der Waals surface area contributed by atoms with Gasteiger partial charge in [0.15, 0.2) is 0 Å². The van der Waals surface area contributed by atoms with Gasteiger partial charge in [-0.25, -0.2) is 0 Å². The number of hydrogen-bond acceptors (Lipinski definition) is 3. The van der Waals surface area contributed by atoms with Crippen molar-refractivity contribution in [2.45, 2.75) is 65.2 Å². The van der Waals surface area contributed by atoms with E-state index in [1.165, 1.54) is 38.9 Å². The number of hydrogen-bond donors (Lipinski definition) is 0. The highest BCUT2D eigenvalue weighted by molar-refractivity contribution is 4.80. The summed E-state index contributed by atoms with van der Waals surface area (Å²) in [6, 6.07) is 0.768. The second-order valence-corrected chi connectivity index (χ2v) is 6.71. The Bertz CT molecular complexity index is 253. The van der Waals surface area contributed by atoms with Crippen molar-refractivity contribution in [2.24, 2.45) is 5.92 Å². The molecule has 112 valence electrons. The van der Waals surface area contributed by atoms with Crippen molar-refractivity contribution in [3.05, 3.63) is 0 Å². The van der Waals surface area contributed by atoms with Crippen molar-refractivity contribution in [3.8, 4) is 0 Å². The molecule has 0 aromatic rings. The first-order valence-electron chi connectivity index (χ1n) is 8.20. The summed E-state index contributed by atoms with van der Waals surface area (Å²) in [7, 11) is 0. The van der Waals surface area contributed by atoms with Crippen molar-refractivity contribution in [1.82, 2.24) is 9.80 Å². The molecule has 0 N–H and O–H groups in total. The fraction of sp³-hybridized carbons (Fsp3) is 1.00. The minimum Gasteiger partial charge on any atom is -0.373 e. The predicted octanol–water partition coefficient (Wildman–Crippen LogP) is 2.61. The Morgan fingerprint density at radius 3 is 2.21 bits per heavy atom. The van der Waals surface area contributed by atoms with Crippen molar-refractivity contribution in [2.75, 3.05) is 32.7 Å². The van der Waals surface area contributed by atoms with Gasteiger partial charge >= 0.3 is 0 Å². The van der Waals surface area contributed by atoms with Crippen LogP contribution < -0.4 is 0 Å². The van der Waals surface area contributed by atoms with Gasteiger partial charge in [-0.15, -0.1) is 0 Å². The van der Waals surface area contributed by atoms with E-state index in [-0.39, 0.29) is 0 Å². The average molecular weight is 268 g/mol. The van der Waals surface area contributed by atoms with Gasteiger partial charge in [0.05, 0.1) is 12.2 Å². The maximum absolute atomic E-state index is 5.82. The number of nitrogens with zero attached hydrogens (tertiary/aromatic N) is 2. The molecule has 2 heterocycles. The average Bonchev–Trinajstić information content (AvgIpc) is 2.37. The van der Waals surface area contributed by atoms with Gasteiger partial charge in [0.2, 0.25) is 0 Å². The van der Waals surface area contributed by atoms with Crippen LogP contribution in [0.1, 0.15) is 47.0 Å². The summed E-state index contributed by atoms with van der Waals surface area (Å²) in [6.45, 7) is 15.2. The summed E-state index contributed by atoms with van der Waals surface area (Å²) < 4.78 is 5.82. The van der Waals surface area contributed by atoms with E-state index in [9.17, 15) is 0 Å². The number of likely N-dealkylation sites (tertiary alicyclic amines) is 1. The van der Waals surface area contributed by atoms with E-state index in [1.54, 1.807) is 0 Å². The number of piperidine rings is 1. The van der Waals surface area contributed by atoms with Crippen LogP contribution in [0, 0.1) is 5.92 Å². The van der Waals surface area contributed by atoms with Crippen LogP contribution in [0.15, 0.2) is 0 Å². The Morgan fingerprint density at radius 2 is 1.68 bits per heavy atom. The molecule has 2 rings (SSSR count). The zero-order valence-corrected chi connectivity index (χ0v) is 13.3. The molecule has 3 nitrogen and oxygen atoms in total. The predicted molar refractivity (Wildman–Crippen MR) is 80.5 cm³/mol. The van der Waals surface area contributed by atoms with Gasteiger partial charge in [-0.05, 0) is 59.0 Å². The molecule has 2 saturated heterocycles. The van der Waals surface area contributed by atoms with Gasteiger partial charge in [-0.3, -0.25) is 4.90 Å². The van der Waals surface area contributed by atoms with E-state index in [0.29, 0.717) is 12.2 Å². The Hall–Kier alpha value is -0.120. The molecule has 19 heavy (non-hydrogen) atoms. The molecule has 3 heteroatoms. The lowest BCUT2D eigenvalue weighted by molar-refractivity contribution is -0.0734. The van der Waals surface area contributed by atoms with Crippen LogP contribution in [0.3, 0.4) is 0 Å². The van der Waals surface area contributed by atoms with Crippen LogP contribution in [-0.4, -0.2) is 60.8 Å². The van der Waals surface area contributed by atoms with Crippen LogP contribution >= 0.6 is 0 Å². The van der Waals surface area contributed by atoms with Crippen molar-refractivity contribution in [3.63, 3.8) is 0 Å². The lowest BCUT2D eigenvalue weighted by atomic mass is 9.94. The molecule has 0 aromatic heterocycles. The molecule has 3 atom stereocenters. The monoisotopic (exact) mass is 268 g/mol. The molecule has 0 aliphatic carbocycles. The van der Waals surface area contributed by atoms with E-state index in [2.05, 4.69) is 37.5 Å². The minimum absolute atomic E-state index is 0.406. The van der Waals surface area contributed by atoms with Gasteiger partial charge in [0.1, 0.15) is 0 Å². The summed E-state index contributed by atoms with van der Waals surface area (Å²) in [5.41, 5.74) is 0.